The highest BCUT2D eigenvalue weighted by molar-refractivity contribution is 5.39. The molecule has 1 aromatic heterocycles. The minimum atomic E-state index is -0.569. The molecule has 63 valence electrons. The zero-order chi connectivity index (χ0) is 9.68. The molecule has 0 spiro atoms. The Morgan fingerprint density at radius 3 is 3.08 bits per heavy atom. The van der Waals surface area contributed by atoms with Crippen LogP contribution in [0.4, 0.5) is 5.69 Å². The number of nitriles is 1. The summed E-state index contributed by atoms with van der Waals surface area (Å²) in [6, 6.07) is 4.44. The van der Waals surface area contributed by atoms with Gasteiger partial charge in [0.05, 0.1) is 11.0 Å². The largest absolute Gasteiger partial charge is 0.295 e. The van der Waals surface area contributed by atoms with Crippen molar-refractivity contribution in [2.75, 3.05) is 0 Å². The number of hydrogen-bond acceptors (Lipinski definition) is 4. The molecule has 13 heavy (non-hydrogen) atoms. The summed E-state index contributed by atoms with van der Waals surface area (Å²) in [5.41, 5.74) is -0.0944. The van der Waals surface area contributed by atoms with Crippen LogP contribution in [0.25, 0.3) is 0 Å². The number of nitro groups is 1. The molecule has 0 bridgehead atoms. The van der Waals surface area contributed by atoms with E-state index in [9.17, 15) is 10.1 Å². The molecule has 1 heterocycles. The van der Waals surface area contributed by atoms with E-state index in [0.29, 0.717) is 0 Å². The van der Waals surface area contributed by atoms with Crippen LogP contribution in [-0.2, 0) is 0 Å². The van der Waals surface area contributed by atoms with Gasteiger partial charge in [0.2, 0.25) is 0 Å². The van der Waals surface area contributed by atoms with Crippen molar-refractivity contribution >= 4 is 5.69 Å². The fourth-order valence-electron chi connectivity index (χ4n) is 0.756. The Hall–Kier alpha value is -2.22. The Morgan fingerprint density at radius 2 is 2.46 bits per heavy atom. The predicted molar refractivity (Wildman–Crippen MR) is 43.4 cm³/mol. The van der Waals surface area contributed by atoms with Crippen molar-refractivity contribution in [3.63, 3.8) is 0 Å². The van der Waals surface area contributed by atoms with Gasteiger partial charge in [-0.1, -0.05) is 0 Å². The topological polar surface area (TPSA) is 79.8 Å². The predicted octanol–water partition coefficient (Wildman–Crippen LogP) is 1.22. The van der Waals surface area contributed by atoms with Crippen LogP contribution in [-0.4, -0.2) is 9.91 Å². The molecule has 1 aromatic rings. The molecular weight excluding hydrogens is 170 g/mol. The maximum absolute atomic E-state index is 10.4. The van der Waals surface area contributed by atoms with Crippen molar-refractivity contribution < 1.29 is 4.92 Å². The number of hydrogen-bond donors (Lipinski definition) is 0. The third kappa shape index (κ3) is 2.10. The quantitative estimate of drug-likeness (QED) is 0.383. The van der Waals surface area contributed by atoms with E-state index >= 15 is 0 Å². The zero-order valence-electron chi connectivity index (χ0n) is 6.47. The Kier molecular flexibility index (Phi) is 2.71. The molecule has 0 atom stereocenters. The van der Waals surface area contributed by atoms with Crippen LogP contribution in [0, 0.1) is 27.5 Å². The Morgan fingerprint density at radius 1 is 1.69 bits per heavy atom. The van der Waals surface area contributed by atoms with E-state index in [0.717, 1.165) is 6.08 Å². The minimum Gasteiger partial charge on any atom is -0.258 e. The number of allylic oxidation sites excluding steroid dienone is 1. The van der Waals surface area contributed by atoms with Crippen LogP contribution in [0.3, 0.4) is 0 Å². The second-order valence-electron chi connectivity index (χ2n) is 2.05. The van der Waals surface area contributed by atoms with E-state index in [1.807, 2.05) is 0 Å². The second-order valence-corrected chi connectivity index (χ2v) is 2.05. The fourth-order valence-corrected chi connectivity index (χ4v) is 0.756. The van der Waals surface area contributed by atoms with Crippen LogP contribution >= 0.6 is 0 Å². The molecule has 0 N–H and O–H groups in total. The van der Waals surface area contributed by atoms with Gasteiger partial charge >= 0.3 is 0 Å². The van der Waals surface area contributed by atoms with E-state index < -0.39 is 4.92 Å². The molecule has 0 fully saturated rings. The number of rotatable bonds is 2. The van der Waals surface area contributed by atoms with Crippen LogP contribution in [0.5, 0.6) is 0 Å². The second kappa shape index (κ2) is 3.97. The van der Waals surface area contributed by atoms with Gasteiger partial charge in [-0.2, -0.15) is 5.26 Å². The number of aromatic nitrogens is 1. The molecule has 0 saturated carbocycles. The maximum atomic E-state index is 10.4. The third-order valence-electron chi connectivity index (χ3n) is 1.26. The van der Waals surface area contributed by atoms with Crippen LogP contribution < -0.4 is 0 Å². The lowest BCUT2D eigenvalue weighted by atomic mass is 10.3. The van der Waals surface area contributed by atoms with Crippen LogP contribution in [0.1, 0.15) is 5.69 Å². The van der Waals surface area contributed by atoms with Gasteiger partial charge in [-0.15, -0.1) is 0 Å². The molecule has 0 unspecified atom stereocenters. The lowest BCUT2D eigenvalue weighted by molar-refractivity contribution is -0.385. The highest BCUT2D eigenvalue weighted by Gasteiger charge is 2.10. The summed E-state index contributed by atoms with van der Waals surface area (Å²) in [7, 11) is 0. The lowest BCUT2D eigenvalue weighted by Crippen LogP contribution is -1.93. The molecule has 1 rings (SSSR count). The van der Waals surface area contributed by atoms with Crippen molar-refractivity contribution in [2.24, 2.45) is 0 Å². The summed E-state index contributed by atoms with van der Waals surface area (Å²) in [5.74, 6) is 0. The molecule has 0 aliphatic rings. The van der Waals surface area contributed by atoms with Gasteiger partial charge < -0.3 is 0 Å². The van der Waals surface area contributed by atoms with E-state index in [2.05, 4.69) is 11.1 Å². The summed E-state index contributed by atoms with van der Waals surface area (Å²) in [6.45, 7) is 0. The average molecular weight is 174 g/mol. The SMILES string of the molecule is N#C/C=[C]/c1ncccc1[N+](=O)[O-]. The smallest absolute Gasteiger partial charge is 0.258 e. The average Bonchev–Trinajstić information content (AvgIpc) is 2.15. The molecule has 0 saturated heterocycles. The number of pyridine rings is 1. The maximum Gasteiger partial charge on any atom is 0.295 e. The van der Waals surface area contributed by atoms with Crippen molar-refractivity contribution in [3.05, 3.63) is 46.3 Å². The van der Waals surface area contributed by atoms with Gasteiger partial charge in [-0.3, -0.25) is 10.1 Å². The van der Waals surface area contributed by atoms with Crippen molar-refractivity contribution in [1.82, 2.24) is 4.98 Å². The highest BCUT2D eigenvalue weighted by Crippen LogP contribution is 2.14. The summed E-state index contributed by atoms with van der Waals surface area (Å²) in [6.07, 6.45) is 4.83. The third-order valence-corrected chi connectivity index (χ3v) is 1.26. The van der Waals surface area contributed by atoms with Crippen LogP contribution in [0.15, 0.2) is 24.4 Å². The summed E-state index contributed by atoms with van der Waals surface area (Å²) < 4.78 is 0. The highest BCUT2D eigenvalue weighted by atomic mass is 16.6. The van der Waals surface area contributed by atoms with Gasteiger partial charge in [0.15, 0.2) is 0 Å². The van der Waals surface area contributed by atoms with E-state index in [4.69, 9.17) is 5.26 Å². The Labute approximate surface area is 74.1 Å². The molecule has 5 nitrogen and oxygen atoms in total. The molecule has 1 radical (unpaired) electrons. The van der Waals surface area contributed by atoms with Gasteiger partial charge in [-0.25, -0.2) is 4.98 Å². The van der Waals surface area contributed by atoms with E-state index in [-0.39, 0.29) is 11.4 Å². The van der Waals surface area contributed by atoms with Crippen molar-refractivity contribution in [3.8, 4) is 6.07 Å². The van der Waals surface area contributed by atoms with Crippen molar-refractivity contribution in [1.29, 1.82) is 5.26 Å². The molecule has 0 aliphatic heterocycles. The van der Waals surface area contributed by atoms with E-state index in [1.165, 1.54) is 18.3 Å². The fraction of sp³-hybridized carbons (Fsp3) is 0. The lowest BCUT2D eigenvalue weighted by Gasteiger charge is -1.92. The molecular formula is C8H4N3O2. The molecule has 0 aliphatic carbocycles. The van der Waals surface area contributed by atoms with Gasteiger partial charge in [0.25, 0.3) is 5.69 Å². The van der Waals surface area contributed by atoms with E-state index in [1.54, 1.807) is 6.07 Å². The Balaban J connectivity index is 3.14. The first kappa shape index (κ1) is 8.87. The monoisotopic (exact) mass is 174 g/mol. The Bertz CT molecular complexity index is 393. The standard InChI is InChI=1S/C8H4N3O2/c9-5-1-3-7-8(11(12)13)4-2-6-10-7/h1-2,4,6H. The minimum absolute atomic E-state index is 0.0639. The van der Waals surface area contributed by atoms with Gasteiger partial charge in [-0.05, 0) is 6.07 Å². The first-order valence-corrected chi connectivity index (χ1v) is 3.33. The zero-order valence-corrected chi connectivity index (χ0v) is 6.47. The number of nitrogens with zero attached hydrogens (tertiary/aromatic N) is 3. The van der Waals surface area contributed by atoms with Gasteiger partial charge in [0.1, 0.15) is 5.69 Å². The molecule has 5 heteroatoms. The first-order chi connectivity index (χ1) is 6.25. The molecule has 0 amide bonds. The molecule has 0 aromatic carbocycles. The van der Waals surface area contributed by atoms with Crippen LogP contribution in [0.2, 0.25) is 0 Å². The van der Waals surface area contributed by atoms with Gasteiger partial charge in [0, 0.05) is 24.4 Å². The summed E-state index contributed by atoms with van der Waals surface area (Å²) in [5, 5.41) is 18.6. The van der Waals surface area contributed by atoms with Crippen molar-refractivity contribution in [2.45, 2.75) is 0 Å². The first-order valence-electron chi connectivity index (χ1n) is 3.33. The summed E-state index contributed by atoms with van der Waals surface area (Å²) >= 11 is 0. The normalized spacial score (nSPS) is 9.77. The summed E-state index contributed by atoms with van der Waals surface area (Å²) in [4.78, 5) is 13.5.